The number of likely N-dealkylation sites (tertiary alicyclic amines) is 1. The number of carbonyl (C=O) groups excluding carboxylic acids is 3. The first kappa shape index (κ1) is 28.6. The number of nitrogens with one attached hydrogen (secondary N) is 2. The van der Waals surface area contributed by atoms with Crippen molar-refractivity contribution in [3.05, 3.63) is 29.8 Å². The number of carbonyl (C=O) groups is 5. The molecule has 0 bridgehead atoms. The van der Waals surface area contributed by atoms with E-state index in [0.29, 0.717) is 24.8 Å². The van der Waals surface area contributed by atoms with Gasteiger partial charge in [-0.15, -0.1) is 0 Å². The number of carboxylic acids is 2. The van der Waals surface area contributed by atoms with E-state index in [1.807, 2.05) is 6.92 Å². The van der Waals surface area contributed by atoms with Crippen LogP contribution in [0.15, 0.2) is 24.3 Å². The van der Waals surface area contributed by atoms with E-state index < -0.39 is 60.2 Å². The average Bonchev–Trinajstić information content (AvgIpc) is 3.32. The lowest BCUT2D eigenvalue weighted by Gasteiger charge is -2.32. The lowest BCUT2D eigenvalue weighted by molar-refractivity contribution is -0.145. The van der Waals surface area contributed by atoms with E-state index in [1.165, 1.54) is 17.0 Å². The van der Waals surface area contributed by atoms with Gasteiger partial charge in [0.1, 0.15) is 23.9 Å². The molecule has 7 N–H and O–H groups in total. The molecule has 5 unspecified atom stereocenters. The van der Waals surface area contributed by atoms with Crippen molar-refractivity contribution in [2.24, 2.45) is 11.7 Å². The number of rotatable bonds is 12. The van der Waals surface area contributed by atoms with Crippen LogP contribution in [0.25, 0.3) is 0 Å². The van der Waals surface area contributed by atoms with E-state index in [9.17, 15) is 34.2 Å². The van der Waals surface area contributed by atoms with Gasteiger partial charge in [-0.3, -0.25) is 19.2 Å². The van der Waals surface area contributed by atoms with Gasteiger partial charge >= 0.3 is 11.9 Å². The van der Waals surface area contributed by atoms with Crippen LogP contribution >= 0.6 is 0 Å². The van der Waals surface area contributed by atoms with Gasteiger partial charge in [0.2, 0.25) is 17.7 Å². The third kappa shape index (κ3) is 7.67. The highest BCUT2D eigenvalue weighted by Crippen LogP contribution is 2.22. The quantitative estimate of drug-likeness (QED) is 0.223. The van der Waals surface area contributed by atoms with E-state index >= 15 is 0 Å². The average molecular weight is 507 g/mol. The largest absolute Gasteiger partial charge is 0.508 e. The molecule has 5 atom stereocenters. The van der Waals surface area contributed by atoms with Crippen LogP contribution in [-0.2, 0) is 30.4 Å². The van der Waals surface area contributed by atoms with E-state index in [1.54, 1.807) is 19.1 Å². The summed E-state index contributed by atoms with van der Waals surface area (Å²) in [5, 5.41) is 33.0. The van der Waals surface area contributed by atoms with Crippen LogP contribution in [0.4, 0.5) is 0 Å². The summed E-state index contributed by atoms with van der Waals surface area (Å²) in [6.45, 7) is 3.81. The predicted molar refractivity (Wildman–Crippen MR) is 128 cm³/mol. The van der Waals surface area contributed by atoms with Crippen LogP contribution in [0.3, 0.4) is 0 Å². The molecule has 0 radical (unpaired) electrons. The molecule has 1 saturated heterocycles. The lowest BCUT2D eigenvalue weighted by Crippen LogP contribution is -2.58. The monoisotopic (exact) mass is 506 g/mol. The summed E-state index contributed by atoms with van der Waals surface area (Å²) in [7, 11) is 0. The number of phenolic OH excluding ortho intramolecular Hbond substituents is 1. The van der Waals surface area contributed by atoms with E-state index in [0.717, 1.165) is 0 Å². The molecule has 0 saturated carbocycles. The minimum absolute atomic E-state index is 0.0188. The third-order valence-electron chi connectivity index (χ3n) is 6.34. The van der Waals surface area contributed by atoms with Gasteiger partial charge in [0.15, 0.2) is 0 Å². The Hall–Kier alpha value is -3.67. The standard InChI is InChI=1S/C24H34N4O8/c1-3-13(2)20(27-21(32)16(25)12-19(30)31)23(34)28-10-4-5-18(28)22(33)26-17(24(35)36)11-14-6-8-15(29)9-7-14/h6-9,13,16-18,20,29H,3-5,10-12,25H2,1-2H3,(H,26,33)(H,27,32)(H,30,31)(H,35,36). The number of carboxylic acid groups (broad SMARTS) is 2. The summed E-state index contributed by atoms with van der Waals surface area (Å²) in [6.07, 6.45) is 0.736. The van der Waals surface area contributed by atoms with Gasteiger partial charge in [-0.25, -0.2) is 4.79 Å². The molecule has 12 heteroatoms. The molecule has 2 rings (SSSR count). The maximum absolute atomic E-state index is 13.4. The van der Waals surface area contributed by atoms with Crippen LogP contribution in [-0.4, -0.2) is 80.6 Å². The SMILES string of the molecule is CCC(C)C(NC(=O)C(N)CC(=O)O)C(=O)N1CCCC1C(=O)NC(Cc1ccc(O)cc1)C(=O)O. The third-order valence-corrected chi connectivity index (χ3v) is 6.34. The molecule has 0 aromatic heterocycles. The molecular weight excluding hydrogens is 472 g/mol. The molecule has 12 nitrogen and oxygen atoms in total. The minimum atomic E-state index is -1.34. The van der Waals surface area contributed by atoms with Crippen molar-refractivity contribution in [2.75, 3.05) is 6.54 Å². The summed E-state index contributed by atoms with van der Waals surface area (Å²) < 4.78 is 0. The fraction of sp³-hybridized carbons (Fsp3) is 0.542. The number of nitrogens with two attached hydrogens (primary N) is 1. The van der Waals surface area contributed by atoms with Gasteiger partial charge < -0.3 is 36.6 Å². The summed E-state index contributed by atoms with van der Waals surface area (Å²) in [4.78, 5) is 62.9. The fourth-order valence-corrected chi connectivity index (χ4v) is 4.04. The smallest absolute Gasteiger partial charge is 0.326 e. The zero-order valence-corrected chi connectivity index (χ0v) is 20.3. The summed E-state index contributed by atoms with van der Waals surface area (Å²) >= 11 is 0. The molecule has 1 fully saturated rings. The second-order valence-corrected chi connectivity index (χ2v) is 9.04. The normalized spacial score (nSPS) is 18.5. The number of phenols is 1. The highest BCUT2D eigenvalue weighted by molar-refractivity contribution is 5.95. The number of aliphatic carboxylic acids is 2. The lowest BCUT2D eigenvalue weighted by atomic mass is 9.96. The highest BCUT2D eigenvalue weighted by atomic mass is 16.4. The number of hydrogen-bond acceptors (Lipinski definition) is 7. The van der Waals surface area contributed by atoms with Crippen LogP contribution in [0.2, 0.25) is 0 Å². The van der Waals surface area contributed by atoms with E-state index in [4.69, 9.17) is 10.8 Å². The molecule has 1 heterocycles. The van der Waals surface area contributed by atoms with Gasteiger partial charge in [-0.1, -0.05) is 32.4 Å². The second kappa shape index (κ2) is 12.9. The van der Waals surface area contributed by atoms with Gasteiger partial charge in [-0.2, -0.15) is 0 Å². The number of benzene rings is 1. The van der Waals surface area contributed by atoms with E-state index in [-0.39, 0.29) is 24.6 Å². The predicted octanol–water partition coefficient (Wildman–Crippen LogP) is -0.172. The van der Waals surface area contributed by atoms with E-state index in [2.05, 4.69) is 10.6 Å². The molecule has 3 amide bonds. The maximum atomic E-state index is 13.4. The Kier molecular flexibility index (Phi) is 10.2. The minimum Gasteiger partial charge on any atom is -0.508 e. The molecule has 1 aromatic rings. The Morgan fingerprint density at radius 3 is 2.31 bits per heavy atom. The van der Waals surface area contributed by atoms with Crippen LogP contribution in [0, 0.1) is 5.92 Å². The molecular formula is C24H34N4O8. The molecule has 0 aliphatic carbocycles. The number of aromatic hydroxyl groups is 1. The molecule has 198 valence electrons. The molecule has 36 heavy (non-hydrogen) atoms. The number of nitrogens with zero attached hydrogens (tertiary/aromatic N) is 1. The van der Waals surface area contributed by atoms with Crippen molar-refractivity contribution < 1.29 is 39.3 Å². The Balaban J connectivity index is 2.14. The molecule has 1 aliphatic rings. The number of amides is 3. The first-order chi connectivity index (χ1) is 16.9. The topological polar surface area (TPSA) is 199 Å². The van der Waals surface area contributed by atoms with Crippen molar-refractivity contribution in [2.45, 2.75) is 70.1 Å². The first-order valence-corrected chi connectivity index (χ1v) is 11.8. The second-order valence-electron chi connectivity index (χ2n) is 9.04. The van der Waals surface area contributed by atoms with Crippen LogP contribution < -0.4 is 16.4 Å². The Bertz CT molecular complexity index is 967. The van der Waals surface area contributed by atoms with Gasteiger partial charge in [-0.05, 0) is 36.5 Å². The van der Waals surface area contributed by atoms with Crippen LogP contribution in [0.1, 0.15) is 45.1 Å². The van der Waals surface area contributed by atoms with Gasteiger partial charge in [0.05, 0.1) is 12.5 Å². The molecule has 1 aromatic carbocycles. The molecule has 0 spiro atoms. The van der Waals surface area contributed by atoms with Crippen molar-refractivity contribution in [1.29, 1.82) is 0 Å². The summed E-state index contributed by atoms with van der Waals surface area (Å²) in [6, 6.07) is 1.40. The Morgan fingerprint density at radius 1 is 1.11 bits per heavy atom. The summed E-state index contributed by atoms with van der Waals surface area (Å²) in [5.41, 5.74) is 6.24. The Morgan fingerprint density at radius 2 is 1.75 bits per heavy atom. The van der Waals surface area contributed by atoms with Crippen molar-refractivity contribution >= 4 is 29.7 Å². The maximum Gasteiger partial charge on any atom is 0.326 e. The van der Waals surface area contributed by atoms with Gasteiger partial charge in [0, 0.05) is 13.0 Å². The number of hydrogen-bond donors (Lipinski definition) is 6. The zero-order chi connectivity index (χ0) is 27.0. The Labute approximate surface area is 208 Å². The first-order valence-electron chi connectivity index (χ1n) is 11.8. The molecule has 1 aliphatic heterocycles. The highest BCUT2D eigenvalue weighted by Gasteiger charge is 2.40. The summed E-state index contributed by atoms with van der Waals surface area (Å²) in [5.74, 6) is -4.71. The fourth-order valence-electron chi connectivity index (χ4n) is 4.04. The van der Waals surface area contributed by atoms with Crippen molar-refractivity contribution in [3.63, 3.8) is 0 Å². The van der Waals surface area contributed by atoms with Crippen LogP contribution in [0.5, 0.6) is 5.75 Å². The van der Waals surface area contributed by atoms with Crippen molar-refractivity contribution in [3.8, 4) is 5.75 Å². The van der Waals surface area contributed by atoms with Gasteiger partial charge in [0.25, 0.3) is 0 Å². The van der Waals surface area contributed by atoms with Crippen molar-refractivity contribution in [1.82, 2.24) is 15.5 Å². The zero-order valence-electron chi connectivity index (χ0n) is 20.3.